The maximum Gasteiger partial charge on any atom is 0.126 e. The Kier molecular flexibility index (Phi) is 8.04. The topological polar surface area (TPSA) is 29.5 Å². The normalized spacial score (nSPS) is 20.4. The average molecular weight is 387 g/mol. The average Bonchev–Trinajstić information content (AvgIpc) is 2.64. The molecule has 1 aliphatic rings. The van der Waals surface area contributed by atoms with Gasteiger partial charge in [-0.25, -0.2) is 0 Å². The molecule has 0 amide bonds. The highest BCUT2D eigenvalue weighted by Gasteiger charge is 2.33. The predicted octanol–water partition coefficient (Wildman–Crippen LogP) is 7.74. The van der Waals surface area contributed by atoms with Crippen molar-refractivity contribution in [2.45, 2.75) is 97.8 Å². The number of hydrogen-bond donors (Lipinski definition) is 1. The maximum absolute atomic E-state index is 11.1. The molecule has 0 saturated carbocycles. The van der Waals surface area contributed by atoms with Crippen molar-refractivity contribution in [3.8, 4) is 11.5 Å². The zero-order valence-corrected chi connectivity index (χ0v) is 19.3. The molecule has 28 heavy (non-hydrogen) atoms. The number of benzene rings is 1. The Labute approximate surface area is 173 Å². The van der Waals surface area contributed by atoms with Crippen LogP contribution in [-0.2, 0) is 5.41 Å². The van der Waals surface area contributed by atoms with E-state index in [1.54, 1.807) is 7.11 Å². The summed E-state index contributed by atoms with van der Waals surface area (Å²) in [5.41, 5.74) is 3.66. The first-order valence-corrected chi connectivity index (χ1v) is 11.3. The van der Waals surface area contributed by atoms with E-state index in [9.17, 15) is 5.11 Å². The van der Waals surface area contributed by atoms with E-state index in [2.05, 4.69) is 53.7 Å². The summed E-state index contributed by atoms with van der Waals surface area (Å²) < 4.78 is 5.84. The van der Waals surface area contributed by atoms with Crippen LogP contribution in [0.25, 0.3) is 0 Å². The van der Waals surface area contributed by atoms with Crippen molar-refractivity contribution in [1.29, 1.82) is 0 Å². The summed E-state index contributed by atoms with van der Waals surface area (Å²) in [6.07, 6.45) is 10.7. The molecule has 2 nitrogen and oxygen atoms in total. The minimum Gasteiger partial charge on any atom is -0.508 e. The third kappa shape index (κ3) is 5.33. The van der Waals surface area contributed by atoms with Crippen molar-refractivity contribution in [3.63, 3.8) is 0 Å². The summed E-state index contributed by atoms with van der Waals surface area (Å²) in [6.45, 7) is 13.6. The Balaban J connectivity index is 2.36. The van der Waals surface area contributed by atoms with E-state index in [0.29, 0.717) is 23.5 Å². The molecule has 0 fully saturated rings. The molecule has 0 unspecified atom stereocenters. The number of allylic oxidation sites excluding steroid dienone is 2. The molecule has 0 saturated heterocycles. The molecular formula is C26H42O2. The molecule has 2 heteroatoms. The molecule has 1 aliphatic carbocycles. The van der Waals surface area contributed by atoms with Crippen molar-refractivity contribution < 1.29 is 9.84 Å². The molecule has 0 bridgehead atoms. The quantitative estimate of drug-likeness (QED) is 0.347. The van der Waals surface area contributed by atoms with E-state index in [4.69, 9.17) is 4.74 Å². The first-order chi connectivity index (χ1) is 13.2. The van der Waals surface area contributed by atoms with Crippen LogP contribution in [0.3, 0.4) is 0 Å². The lowest BCUT2D eigenvalue weighted by Gasteiger charge is -2.35. The molecule has 0 aromatic heterocycles. The molecule has 1 aromatic carbocycles. The first-order valence-electron chi connectivity index (χ1n) is 11.3. The summed E-state index contributed by atoms with van der Waals surface area (Å²) in [7, 11) is 1.74. The maximum atomic E-state index is 11.1. The Morgan fingerprint density at radius 2 is 1.89 bits per heavy atom. The molecule has 2 rings (SSSR count). The Hall–Kier alpha value is -1.44. The van der Waals surface area contributed by atoms with Gasteiger partial charge in [-0.15, -0.1) is 0 Å². The number of rotatable bonds is 9. The second-order valence-corrected chi connectivity index (χ2v) is 9.81. The van der Waals surface area contributed by atoms with E-state index < -0.39 is 0 Å². The van der Waals surface area contributed by atoms with Gasteiger partial charge in [-0.1, -0.05) is 72.0 Å². The van der Waals surface area contributed by atoms with Crippen LogP contribution in [0.5, 0.6) is 11.5 Å². The number of ether oxygens (including phenoxy) is 1. The van der Waals surface area contributed by atoms with Gasteiger partial charge in [0.05, 0.1) is 7.11 Å². The fourth-order valence-corrected chi connectivity index (χ4v) is 4.82. The molecule has 1 aromatic rings. The van der Waals surface area contributed by atoms with Crippen molar-refractivity contribution in [3.05, 3.63) is 34.9 Å². The van der Waals surface area contributed by atoms with Gasteiger partial charge in [-0.2, -0.15) is 0 Å². The number of phenolic OH excluding ortho intramolecular Hbond substituents is 1. The van der Waals surface area contributed by atoms with E-state index >= 15 is 0 Å². The Bertz CT molecular complexity index is 669. The summed E-state index contributed by atoms with van der Waals surface area (Å²) >= 11 is 0. The third-order valence-electron chi connectivity index (χ3n) is 6.80. The standard InChI is InChI=1S/C26H42O2/c1-8-9-10-11-14-26(5,6)20-16-23(27)25(24(17-20)28-7)22-15-19(4)12-13-21(22)18(2)3/h12,16-18,21-22,27H,8-11,13-15H2,1-7H3/t21-,22+/m0/s1. The molecular weight excluding hydrogens is 344 g/mol. The van der Waals surface area contributed by atoms with Gasteiger partial charge in [-0.3, -0.25) is 0 Å². The highest BCUT2D eigenvalue weighted by molar-refractivity contribution is 5.52. The van der Waals surface area contributed by atoms with Crippen LogP contribution < -0.4 is 4.74 Å². The summed E-state index contributed by atoms with van der Waals surface area (Å²) in [6, 6.07) is 4.21. The second-order valence-electron chi connectivity index (χ2n) is 9.81. The van der Waals surface area contributed by atoms with E-state index in [1.807, 2.05) is 6.07 Å². The zero-order valence-electron chi connectivity index (χ0n) is 19.3. The van der Waals surface area contributed by atoms with Crippen LogP contribution in [0.1, 0.15) is 104 Å². The lowest BCUT2D eigenvalue weighted by Crippen LogP contribution is -2.23. The third-order valence-corrected chi connectivity index (χ3v) is 6.80. The van der Waals surface area contributed by atoms with Crippen molar-refractivity contribution in [2.75, 3.05) is 7.11 Å². The summed E-state index contributed by atoms with van der Waals surface area (Å²) in [5, 5.41) is 11.1. The Morgan fingerprint density at radius 1 is 1.18 bits per heavy atom. The van der Waals surface area contributed by atoms with Crippen molar-refractivity contribution in [2.24, 2.45) is 11.8 Å². The fraction of sp³-hybridized carbons (Fsp3) is 0.692. The lowest BCUT2D eigenvalue weighted by molar-refractivity contribution is 0.289. The summed E-state index contributed by atoms with van der Waals surface area (Å²) in [4.78, 5) is 0. The van der Waals surface area contributed by atoms with Crippen LogP contribution in [0, 0.1) is 11.8 Å². The SMILES string of the molecule is CCCCCCC(C)(C)c1cc(O)c([C@@H]2CC(C)=CC[C@H]2C(C)C)c(OC)c1. The molecule has 0 aliphatic heterocycles. The van der Waals surface area contributed by atoms with Crippen LogP contribution in [-0.4, -0.2) is 12.2 Å². The molecule has 158 valence electrons. The second kappa shape index (κ2) is 9.85. The van der Waals surface area contributed by atoms with Gasteiger partial charge >= 0.3 is 0 Å². The predicted molar refractivity (Wildman–Crippen MR) is 121 cm³/mol. The van der Waals surface area contributed by atoms with Gasteiger partial charge < -0.3 is 9.84 Å². The Morgan fingerprint density at radius 3 is 2.50 bits per heavy atom. The number of methoxy groups -OCH3 is 1. The minimum atomic E-state index is 0.0386. The van der Waals surface area contributed by atoms with E-state index in [1.165, 1.54) is 36.8 Å². The molecule has 1 N–H and O–H groups in total. The summed E-state index contributed by atoms with van der Waals surface area (Å²) in [5.74, 6) is 2.72. The molecule has 2 atom stereocenters. The van der Waals surface area contributed by atoms with Gasteiger partial charge in [0.25, 0.3) is 0 Å². The van der Waals surface area contributed by atoms with Gasteiger partial charge in [0.15, 0.2) is 0 Å². The van der Waals surface area contributed by atoms with Gasteiger partial charge in [0.2, 0.25) is 0 Å². The number of phenols is 1. The molecule has 0 spiro atoms. The van der Waals surface area contributed by atoms with E-state index in [0.717, 1.165) is 30.6 Å². The van der Waals surface area contributed by atoms with Gasteiger partial charge in [-0.05, 0) is 67.1 Å². The van der Waals surface area contributed by atoms with Crippen LogP contribution >= 0.6 is 0 Å². The number of hydrogen-bond acceptors (Lipinski definition) is 2. The highest BCUT2D eigenvalue weighted by atomic mass is 16.5. The lowest BCUT2D eigenvalue weighted by atomic mass is 9.70. The molecule has 0 heterocycles. The minimum absolute atomic E-state index is 0.0386. The zero-order chi connectivity index (χ0) is 20.9. The highest BCUT2D eigenvalue weighted by Crippen LogP contribution is 2.49. The van der Waals surface area contributed by atoms with Gasteiger partial charge in [0.1, 0.15) is 11.5 Å². The molecule has 0 radical (unpaired) electrons. The van der Waals surface area contributed by atoms with Crippen LogP contribution in [0.4, 0.5) is 0 Å². The van der Waals surface area contributed by atoms with Crippen LogP contribution in [0.15, 0.2) is 23.8 Å². The van der Waals surface area contributed by atoms with Crippen molar-refractivity contribution >= 4 is 0 Å². The smallest absolute Gasteiger partial charge is 0.126 e. The van der Waals surface area contributed by atoms with Crippen molar-refractivity contribution in [1.82, 2.24) is 0 Å². The monoisotopic (exact) mass is 386 g/mol. The largest absolute Gasteiger partial charge is 0.508 e. The first kappa shape index (κ1) is 22.8. The van der Waals surface area contributed by atoms with Crippen LogP contribution in [0.2, 0.25) is 0 Å². The number of aromatic hydroxyl groups is 1. The fourth-order valence-electron chi connectivity index (χ4n) is 4.82. The number of unbranched alkanes of at least 4 members (excludes halogenated alkanes) is 3. The van der Waals surface area contributed by atoms with Gasteiger partial charge in [0, 0.05) is 5.56 Å². The van der Waals surface area contributed by atoms with E-state index in [-0.39, 0.29) is 5.41 Å².